The number of anilines is 2. The Morgan fingerprint density at radius 1 is 1.27 bits per heavy atom. The number of amides is 2. The number of hydrogen-bond donors (Lipinski definition) is 5. The van der Waals surface area contributed by atoms with Crippen LogP contribution in [0, 0.1) is 0 Å². The van der Waals surface area contributed by atoms with Gasteiger partial charge in [0.25, 0.3) is 11.8 Å². The fraction of sp³-hybridized carbons (Fsp3) is 0.174. The number of aromatic nitrogens is 3. The third kappa shape index (κ3) is 5.80. The number of oxime groups is 1. The van der Waals surface area contributed by atoms with E-state index in [0.717, 1.165) is 31.6 Å². The molecular formula is C23H19ClN8O5S4. The van der Waals surface area contributed by atoms with Crippen molar-refractivity contribution < 1.29 is 24.7 Å². The van der Waals surface area contributed by atoms with Crippen molar-refractivity contribution in [2.24, 2.45) is 5.16 Å². The van der Waals surface area contributed by atoms with Crippen molar-refractivity contribution in [2.75, 3.05) is 17.2 Å². The topological polar surface area (TPSA) is 210 Å². The molecule has 0 saturated carbocycles. The summed E-state index contributed by atoms with van der Waals surface area (Å²) in [6.45, 7) is 0. The number of thiazole rings is 1. The number of halogens is 1. The number of nitrogens with one attached hydrogen (secondary N) is 1. The Morgan fingerprint density at radius 3 is 2.76 bits per heavy atom. The lowest BCUT2D eigenvalue weighted by Gasteiger charge is -2.49. The maximum Gasteiger partial charge on any atom is 0.353 e. The van der Waals surface area contributed by atoms with Crippen LogP contribution in [0.2, 0.25) is 4.34 Å². The minimum absolute atomic E-state index is 0.0367. The number of rotatable bonds is 9. The average Bonchev–Trinajstić information content (AvgIpc) is 3.28. The van der Waals surface area contributed by atoms with E-state index in [2.05, 4.69) is 25.4 Å². The van der Waals surface area contributed by atoms with Crippen molar-refractivity contribution in [1.29, 1.82) is 0 Å². The molecule has 1 saturated heterocycles. The molecular weight excluding hydrogens is 632 g/mol. The van der Waals surface area contributed by atoms with Gasteiger partial charge in [0, 0.05) is 44.8 Å². The lowest BCUT2D eigenvalue weighted by molar-refractivity contribution is -0.150. The fourth-order valence-corrected chi connectivity index (χ4v) is 8.48. The van der Waals surface area contributed by atoms with Crippen LogP contribution in [0.1, 0.15) is 11.3 Å². The monoisotopic (exact) mass is 650 g/mol. The molecule has 0 bridgehead atoms. The van der Waals surface area contributed by atoms with Gasteiger partial charge in [0.15, 0.2) is 10.8 Å². The first-order chi connectivity index (χ1) is 19.7. The Labute approximate surface area is 253 Å². The van der Waals surface area contributed by atoms with Gasteiger partial charge in [0.2, 0.25) is 0 Å². The van der Waals surface area contributed by atoms with Crippen molar-refractivity contribution in [3.63, 3.8) is 0 Å². The molecule has 5 heterocycles. The van der Waals surface area contributed by atoms with Gasteiger partial charge >= 0.3 is 5.97 Å². The van der Waals surface area contributed by atoms with Gasteiger partial charge in [-0.3, -0.25) is 19.5 Å². The molecule has 0 aromatic carbocycles. The number of carboxylic acids is 1. The van der Waals surface area contributed by atoms with E-state index in [1.165, 1.54) is 35.3 Å². The Hall–Kier alpha value is -3.51. The van der Waals surface area contributed by atoms with Gasteiger partial charge in [-0.15, -0.1) is 23.5 Å². The molecule has 13 nitrogen and oxygen atoms in total. The van der Waals surface area contributed by atoms with Gasteiger partial charge in [0.1, 0.15) is 33.0 Å². The standard InChI is InChI=1S/C23H19ClN8O5S4/c24-17-13(30-23(26)41-17)14(31-37)19(33)29-15-20(34)32-16(22(35)36)12(8-39-21(15)32)40-10-3-5-27-6-9(10)7-38-11-2-1-4-28-18(11)25/h1-6,15,21,37H,7-8H2,(H2,25,28)(H2,26,30)(H,29,33)(H,35,36)/b31-14-/t15-,21-/m1/s1. The van der Waals surface area contributed by atoms with Crippen LogP contribution in [0.4, 0.5) is 10.9 Å². The number of carboxylic acid groups (broad SMARTS) is 1. The van der Waals surface area contributed by atoms with Crippen molar-refractivity contribution in [3.8, 4) is 0 Å². The van der Waals surface area contributed by atoms with Crippen LogP contribution >= 0.6 is 58.2 Å². The number of carbonyl (C=O) groups is 3. The molecule has 0 unspecified atom stereocenters. The molecule has 0 spiro atoms. The van der Waals surface area contributed by atoms with Gasteiger partial charge in [-0.25, -0.2) is 14.8 Å². The molecule has 2 amide bonds. The minimum Gasteiger partial charge on any atom is -0.477 e. The first-order valence-electron chi connectivity index (χ1n) is 11.5. The predicted molar refractivity (Wildman–Crippen MR) is 158 cm³/mol. The first kappa shape index (κ1) is 29.0. The van der Waals surface area contributed by atoms with Gasteiger partial charge in [-0.2, -0.15) is 0 Å². The highest BCUT2D eigenvalue weighted by Gasteiger charge is 2.54. The van der Waals surface area contributed by atoms with E-state index in [-0.39, 0.29) is 26.6 Å². The molecule has 2 atom stereocenters. The number of nitrogens with zero attached hydrogens (tertiary/aromatic N) is 5. The second-order valence-electron chi connectivity index (χ2n) is 8.32. The van der Waals surface area contributed by atoms with Crippen LogP contribution in [0.3, 0.4) is 0 Å². The van der Waals surface area contributed by atoms with Crippen molar-refractivity contribution in [2.45, 2.75) is 27.0 Å². The Kier molecular flexibility index (Phi) is 8.60. The van der Waals surface area contributed by atoms with Crippen LogP contribution in [-0.4, -0.2) is 70.8 Å². The molecule has 5 rings (SSSR count). The Morgan fingerprint density at radius 2 is 2.07 bits per heavy atom. The highest BCUT2D eigenvalue weighted by atomic mass is 35.5. The first-order valence-corrected chi connectivity index (χ1v) is 15.5. The van der Waals surface area contributed by atoms with Crippen molar-refractivity contribution in [3.05, 3.63) is 63.0 Å². The molecule has 7 N–H and O–H groups in total. The number of β-lactam (4-membered cyclic amide) rings is 1. The zero-order chi connectivity index (χ0) is 29.3. The van der Waals surface area contributed by atoms with E-state index in [4.69, 9.17) is 23.1 Å². The number of thioether (sulfide) groups is 3. The lowest BCUT2D eigenvalue weighted by atomic mass is 10.0. The van der Waals surface area contributed by atoms with Crippen LogP contribution in [0.5, 0.6) is 0 Å². The van der Waals surface area contributed by atoms with E-state index < -0.39 is 34.9 Å². The van der Waals surface area contributed by atoms with Gasteiger partial charge in [0.05, 0.1) is 0 Å². The SMILES string of the molecule is Nc1nc(/C(=N/O)C(=O)N[C@@H]2C(=O)N3C(C(=O)O)=C(Sc4ccncc4CSc4cccnc4N)CS[C@H]23)c(Cl)s1. The summed E-state index contributed by atoms with van der Waals surface area (Å²) in [4.78, 5) is 53.7. The molecule has 2 aliphatic heterocycles. The van der Waals surface area contributed by atoms with Crippen LogP contribution in [0.25, 0.3) is 0 Å². The van der Waals surface area contributed by atoms with E-state index in [1.807, 2.05) is 6.07 Å². The van der Waals surface area contributed by atoms with E-state index in [0.29, 0.717) is 16.5 Å². The van der Waals surface area contributed by atoms with Crippen molar-refractivity contribution in [1.82, 2.24) is 25.2 Å². The van der Waals surface area contributed by atoms with E-state index in [9.17, 15) is 24.7 Å². The number of nitrogens with two attached hydrogens (primary N) is 2. The number of nitrogen functional groups attached to an aromatic ring is 2. The summed E-state index contributed by atoms with van der Waals surface area (Å²) in [6.07, 6.45) is 4.92. The quantitative estimate of drug-likeness (QED) is 0.0742. The summed E-state index contributed by atoms with van der Waals surface area (Å²) in [5, 5.41) is 24.3. The minimum atomic E-state index is -1.27. The summed E-state index contributed by atoms with van der Waals surface area (Å²) in [5.41, 5.74) is 11.6. The summed E-state index contributed by atoms with van der Waals surface area (Å²) in [6, 6.07) is 4.37. The number of carbonyl (C=O) groups excluding carboxylic acids is 2. The van der Waals surface area contributed by atoms with Gasteiger partial charge in [-0.1, -0.05) is 39.9 Å². The Balaban J connectivity index is 1.33. The predicted octanol–water partition coefficient (Wildman–Crippen LogP) is 2.71. The van der Waals surface area contributed by atoms with Gasteiger partial charge < -0.3 is 27.1 Å². The molecule has 3 aromatic rings. The van der Waals surface area contributed by atoms with Crippen LogP contribution in [0.15, 0.2) is 62.3 Å². The highest BCUT2D eigenvalue weighted by molar-refractivity contribution is 8.06. The largest absolute Gasteiger partial charge is 0.477 e. The smallest absolute Gasteiger partial charge is 0.353 e. The fourth-order valence-electron chi connectivity index (χ4n) is 3.98. The lowest BCUT2D eigenvalue weighted by Crippen LogP contribution is -2.71. The molecule has 18 heteroatoms. The summed E-state index contributed by atoms with van der Waals surface area (Å²) in [7, 11) is 0. The second-order valence-corrected chi connectivity index (χ2v) is 13.2. The third-order valence-corrected chi connectivity index (χ3v) is 10.7. The zero-order valence-corrected chi connectivity index (χ0v) is 24.6. The highest BCUT2D eigenvalue weighted by Crippen LogP contribution is 2.46. The Bertz CT molecular complexity index is 1620. The number of aliphatic carboxylic acids is 1. The summed E-state index contributed by atoms with van der Waals surface area (Å²) in [5.74, 6) is -1.61. The maximum atomic E-state index is 13.1. The molecule has 2 aliphatic rings. The number of pyridine rings is 2. The van der Waals surface area contributed by atoms with Gasteiger partial charge in [-0.05, 0) is 23.8 Å². The van der Waals surface area contributed by atoms with E-state index >= 15 is 0 Å². The molecule has 1 fully saturated rings. The molecule has 0 aliphatic carbocycles. The number of hydrogen-bond acceptors (Lipinski definition) is 14. The van der Waals surface area contributed by atoms with Crippen LogP contribution in [-0.2, 0) is 20.1 Å². The number of fused-ring (bicyclic) bond motifs is 1. The van der Waals surface area contributed by atoms with E-state index in [1.54, 1.807) is 30.7 Å². The summed E-state index contributed by atoms with van der Waals surface area (Å²) >= 11 is 10.9. The van der Waals surface area contributed by atoms with Crippen LogP contribution < -0.4 is 16.8 Å². The van der Waals surface area contributed by atoms with Crippen molar-refractivity contribution >= 4 is 92.7 Å². The zero-order valence-electron chi connectivity index (χ0n) is 20.6. The second kappa shape index (κ2) is 12.2. The average molecular weight is 651 g/mol. The maximum absolute atomic E-state index is 13.1. The summed E-state index contributed by atoms with van der Waals surface area (Å²) < 4.78 is 0.0367. The third-order valence-electron chi connectivity index (χ3n) is 5.84. The molecule has 3 aromatic heterocycles. The molecule has 41 heavy (non-hydrogen) atoms. The molecule has 0 radical (unpaired) electrons. The molecule has 212 valence electrons. The normalized spacial score (nSPS) is 18.6.